The van der Waals surface area contributed by atoms with Crippen molar-refractivity contribution in [3.05, 3.63) is 29.8 Å². The van der Waals surface area contributed by atoms with Gasteiger partial charge in [0.05, 0.1) is 38.0 Å². The second-order valence-corrected chi connectivity index (χ2v) is 25.9. The zero-order valence-electron chi connectivity index (χ0n) is 54.2. The van der Waals surface area contributed by atoms with Gasteiger partial charge in [0.2, 0.25) is 59.1 Å². The number of nitrogens with one attached hydrogen (secondary N) is 12. The third kappa shape index (κ3) is 29.7. The molecule has 0 radical (unpaired) electrons. The molecule has 23 N–H and O–H groups in total. The van der Waals surface area contributed by atoms with Crippen molar-refractivity contribution in [1.29, 1.82) is 5.41 Å². The number of hydrogen-bond donors (Lipinski definition) is 20. The van der Waals surface area contributed by atoms with Gasteiger partial charge in [-0.1, -0.05) is 102 Å². The van der Waals surface area contributed by atoms with Crippen LogP contribution in [0.4, 0.5) is 5.69 Å². The van der Waals surface area contributed by atoms with E-state index in [1.807, 2.05) is 46.9 Å². The number of amides is 10. The van der Waals surface area contributed by atoms with Crippen LogP contribution < -0.4 is 75.7 Å². The Labute approximate surface area is 526 Å². The molecule has 0 bridgehead atoms. The van der Waals surface area contributed by atoms with E-state index < -0.39 is 181 Å². The fourth-order valence-corrected chi connectivity index (χ4v) is 9.05. The molecule has 90 heavy (non-hydrogen) atoms. The number of aliphatic hydroxyl groups is 4. The molecule has 510 valence electrons. The van der Waals surface area contributed by atoms with Crippen LogP contribution >= 0.6 is 0 Å². The Kier molecular flexibility index (Phi) is 34.0. The van der Waals surface area contributed by atoms with Crippen LogP contribution in [-0.4, -0.2) is 195 Å². The highest BCUT2D eigenvalue weighted by molar-refractivity contribution is 5.99. The van der Waals surface area contributed by atoms with Crippen LogP contribution in [0.25, 0.3) is 0 Å². The molecule has 1 unspecified atom stereocenters. The van der Waals surface area contributed by atoms with E-state index in [0.29, 0.717) is 17.7 Å². The summed E-state index contributed by atoms with van der Waals surface area (Å²) in [6.45, 7) is 19.5. The van der Waals surface area contributed by atoms with Crippen molar-refractivity contribution in [1.82, 2.24) is 58.5 Å². The standard InChI is InChI=1S/C59H103N15O16/c1-14-31(6)43(54(87)73-44(32(7)77)53(86)65-26-42(78)66-40(27-75)52(85)71-41(28-76)56(89)90)72-48(81)36(19-16-20-64-57(62)63)67-49(82)37(21-29(2)3)69-55(88)45(46(79)30(4)5)74-50(83)38(23-33-17-15-18-34(60)22-33)68-51(84)39(25-59(11,12)13)70-47(80)35(61)24-58(8,9)10/h15,17-18,22,29-32,35-41,43-46,75-77,79H,14,16,19-21,23-28,60-61H2,1-13H3,(H,65,86)(H,66,78)(H,67,82)(H,68,84)(H,69,88)(H,70,80)(H,71,85)(H,72,81)(H,73,87)(H,74,83)(H,89,90)(H4,62,63,64)/t31-,32-,35+,36+,37-,38-,39-,40-,41-,43-,44-,45-,46?/m0/s1. The molecule has 31 heteroatoms. The molecule has 31 nitrogen and oxygen atoms in total. The van der Waals surface area contributed by atoms with Gasteiger partial charge in [0.25, 0.3) is 0 Å². The first kappa shape index (κ1) is 80.3. The van der Waals surface area contributed by atoms with E-state index in [0.717, 1.165) is 6.92 Å². The normalized spacial score (nSPS) is 16.0. The van der Waals surface area contributed by atoms with Crippen LogP contribution in [0.1, 0.15) is 134 Å². The average molecular weight is 1280 g/mol. The number of nitrogens with two attached hydrogens (primary N) is 3. The second-order valence-electron chi connectivity index (χ2n) is 25.9. The first-order chi connectivity index (χ1) is 41.6. The molecular formula is C59H103N15O16. The zero-order valence-corrected chi connectivity index (χ0v) is 54.2. The Morgan fingerprint density at radius 1 is 0.578 bits per heavy atom. The van der Waals surface area contributed by atoms with E-state index in [1.54, 1.807) is 65.8 Å². The second kappa shape index (κ2) is 38.1. The fraction of sp³-hybridized carbons (Fsp3) is 0.695. The monoisotopic (exact) mass is 1280 g/mol. The van der Waals surface area contributed by atoms with Crippen LogP contribution in [0.2, 0.25) is 0 Å². The van der Waals surface area contributed by atoms with Gasteiger partial charge in [0.15, 0.2) is 5.96 Å². The SMILES string of the molecule is CC[C@H](C)[C@H](NC(=O)[C@@H](CCCNC(=N)N)NC(=O)[C@H](CC(C)C)NC(=O)[C@@H](NC(=O)[C@H](Cc1cccc(N)c1)NC(=O)[C@H](CC(C)(C)C)NC(=O)[C@H](N)CC(C)(C)C)C(O)C(C)C)C(=O)N[C@H](C(=O)NCC(=O)N[C@@H](CO)C(=O)N[C@@H](CO)C(=O)O)[C@H](C)O. The maximum absolute atomic E-state index is 14.7. The van der Waals surface area contributed by atoms with Crippen molar-refractivity contribution >= 4 is 76.7 Å². The van der Waals surface area contributed by atoms with Crippen molar-refractivity contribution in [2.24, 2.45) is 40.1 Å². The number of carbonyl (C=O) groups excluding carboxylic acids is 10. The molecule has 0 spiro atoms. The minimum Gasteiger partial charge on any atom is -0.480 e. The number of guanidine groups is 1. The van der Waals surface area contributed by atoms with E-state index in [1.165, 1.54) is 0 Å². The predicted molar refractivity (Wildman–Crippen MR) is 333 cm³/mol. The van der Waals surface area contributed by atoms with Crippen LogP contribution in [0, 0.1) is 34.0 Å². The lowest BCUT2D eigenvalue weighted by Gasteiger charge is -2.32. The summed E-state index contributed by atoms with van der Waals surface area (Å²) in [6.07, 6.45) is -2.90. The van der Waals surface area contributed by atoms with Crippen LogP contribution in [0.15, 0.2) is 24.3 Å². The van der Waals surface area contributed by atoms with Gasteiger partial charge in [0.1, 0.15) is 54.4 Å². The largest absolute Gasteiger partial charge is 0.480 e. The maximum Gasteiger partial charge on any atom is 0.328 e. The lowest BCUT2D eigenvalue weighted by molar-refractivity contribution is -0.143. The van der Waals surface area contributed by atoms with Crippen molar-refractivity contribution in [2.75, 3.05) is 32.0 Å². The smallest absolute Gasteiger partial charge is 0.328 e. The molecule has 0 saturated heterocycles. The van der Waals surface area contributed by atoms with E-state index in [2.05, 4.69) is 53.2 Å². The molecule has 0 heterocycles. The van der Waals surface area contributed by atoms with Gasteiger partial charge >= 0.3 is 5.97 Å². The highest BCUT2D eigenvalue weighted by Crippen LogP contribution is 2.24. The van der Waals surface area contributed by atoms with Gasteiger partial charge in [-0.25, -0.2) is 4.79 Å². The number of rotatable bonds is 38. The lowest BCUT2D eigenvalue weighted by atomic mass is 9.86. The Hall–Kier alpha value is -7.74. The quantitative estimate of drug-likeness (QED) is 0.0131. The van der Waals surface area contributed by atoms with Gasteiger partial charge in [-0.05, 0) is 85.3 Å². The highest BCUT2D eigenvalue weighted by atomic mass is 16.4. The number of hydrogen-bond acceptors (Lipinski definition) is 18. The summed E-state index contributed by atoms with van der Waals surface area (Å²) in [5.41, 5.74) is 17.9. The van der Waals surface area contributed by atoms with Gasteiger partial charge in [-0.2, -0.15) is 0 Å². The molecule has 0 saturated carbocycles. The average Bonchev–Trinajstić information content (AvgIpc) is 1.03. The van der Waals surface area contributed by atoms with Crippen molar-refractivity contribution in [2.45, 2.75) is 208 Å². The molecule has 1 rings (SSSR count). The summed E-state index contributed by atoms with van der Waals surface area (Å²) in [4.78, 5) is 150. The predicted octanol–water partition coefficient (Wildman–Crippen LogP) is -3.69. The number of anilines is 1. The molecule has 0 aliphatic heterocycles. The first-order valence-corrected chi connectivity index (χ1v) is 30.1. The minimum atomic E-state index is -1.78. The summed E-state index contributed by atoms with van der Waals surface area (Å²) in [5, 5.41) is 85.1. The summed E-state index contributed by atoms with van der Waals surface area (Å²) in [7, 11) is 0. The van der Waals surface area contributed by atoms with E-state index in [4.69, 9.17) is 27.7 Å². The van der Waals surface area contributed by atoms with Gasteiger partial charge in [-0.15, -0.1) is 0 Å². The van der Waals surface area contributed by atoms with Crippen LogP contribution in [0.5, 0.6) is 0 Å². The molecule has 0 aromatic heterocycles. The van der Waals surface area contributed by atoms with Crippen LogP contribution in [0.3, 0.4) is 0 Å². The topological polar surface area (TPSA) is 523 Å². The summed E-state index contributed by atoms with van der Waals surface area (Å²) in [5.74, 6) is -13.2. The Morgan fingerprint density at radius 3 is 1.58 bits per heavy atom. The maximum atomic E-state index is 14.7. The third-order valence-corrected chi connectivity index (χ3v) is 14.1. The molecule has 0 aliphatic rings. The minimum absolute atomic E-state index is 0.0352. The molecule has 0 aliphatic carbocycles. The van der Waals surface area contributed by atoms with Crippen molar-refractivity contribution < 1.29 is 78.3 Å². The van der Waals surface area contributed by atoms with Gasteiger partial charge in [-0.3, -0.25) is 53.4 Å². The van der Waals surface area contributed by atoms with Gasteiger partial charge in [0, 0.05) is 18.7 Å². The van der Waals surface area contributed by atoms with Crippen LogP contribution in [-0.2, 0) is 59.2 Å². The molecule has 1 aromatic carbocycles. The van der Waals surface area contributed by atoms with Gasteiger partial charge < -0.3 is 101 Å². The lowest BCUT2D eigenvalue weighted by Crippen LogP contribution is -2.63. The summed E-state index contributed by atoms with van der Waals surface area (Å²) < 4.78 is 0. The summed E-state index contributed by atoms with van der Waals surface area (Å²) >= 11 is 0. The zero-order chi connectivity index (χ0) is 69.1. The number of nitrogen functional groups attached to an aromatic ring is 1. The molecular weight excluding hydrogens is 1170 g/mol. The summed E-state index contributed by atoms with van der Waals surface area (Å²) in [6, 6.07) is -8.55. The number of benzene rings is 1. The van der Waals surface area contributed by atoms with Crippen molar-refractivity contribution in [3.8, 4) is 0 Å². The Balaban J connectivity index is 3.67. The Bertz CT molecular complexity index is 2590. The fourth-order valence-electron chi connectivity index (χ4n) is 9.05. The third-order valence-electron chi connectivity index (χ3n) is 14.1. The molecule has 13 atom stereocenters. The first-order valence-electron chi connectivity index (χ1n) is 30.1. The number of carbonyl (C=O) groups is 11. The Morgan fingerprint density at radius 2 is 1.07 bits per heavy atom. The number of aliphatic hydroxyl groups excluding tert-OH is 4. The van der Waals surface area contributed by atoms with E-state index in [9.17, 15) is 73.2 Å². The molecule has 0 fully saturated rings. The number of aliphatic carboxylic acids is 1. The number of carboxylic acids is 1. The van der Waals surface area contributed by atoms with E-state index >= 15 is 0 Å². The van der Waals surface area contributed by atoms with Crippen molar-refractivity contribution in [3.63, 3.8) is 0 Å². The highest BCUT2D eigenvalue weighted by Gasteiger charge is 2.40. The molecule has 1 aromatic rings. The molecule has 10 amide bonds. The van der Waals surface area contributed by atoms with E-state index in [-0.39, 0.29) is 56.4 Å². The number of carboxylic acid groups (broad SMARTS) is 1.